The molecule has 4 rings (SSSR count). The molecule has 35 heavy (non-hydrogen) atoms. The summed E-state index contributed by atoms with van der Waals surface area (Å²) in [6, 6.07) is 6.14. The normalized spacial score (nSPS) is 25.9. The Morgan fingerprint density at radius 2 is 1.91 bits per heavy atom. The third-order valence-electron chi connectivity index (χ3n) is 8.54. The van der Waals surface area contributed by atoms with Gasteiger partial charge in [0.15, 0.2) is 5.96 Å². The number of nitrogens with two attached hydrogens (primary N) is 1. The van der Waals surface area contributed by atoms with E-state index in [0.29, 0.717) is 24.9 Å². The lowest BCUT2D eigenvalue weighted by molar-refractivity contribution is -0.145. The monoisotopic (exact) mass is 482 g/mol. The van der Waals surface area contributed by atoms with E-state index in [1.54, 1.807) is 0 Å². The number of guanidine groups is 1. The Kier molecular flexibility index (Phi) is 7.69. The molecule has 0 aromatic heterocycles. The van der Waals surface area contributed by atoms with E-state index in [1.165, 1.54) is 25.3 Å². The van der Waals surface area contributed by atoms with Crippen LogP contribution in [0.2, 0.25) is 0 Å². The van der Waals surface area contributed by atoms with E-state index in [9.17, 15) is 9.59 Å². The maximum absolute atomic E-state index is 14.3. The van der Waals surface area contributed by atoms with Crippen LogP contribution >= 0.6 is 0 Å². The van der Waals surface area contributed by atoms with E-state index in [4.69, 9.17) is 11.1 Å². The van der Waals surface area contributed by atoms with Crippen molar-refractivity contribution in [3.05, 3.63) is 29.3 Å². The number of hydrogen-bond donors (Lipinski definition) is 5. The van der Waals surface area contributed by atoms with Crippen molar-refractivity contribution < 1.29 is 9.59 Å². The Balaban J connectivity index is 1.77. The van der Waals surface area contributed by atoms with Crippen molar-refractivity contribution in [2.24, 2.45) is 23.5 Å². The van der Waals surface area contributed by atoms with E-state index in [-0.39, 0.29) is 23.8 Å². The molecule has 1 saturated carbocycles. The van der Waals surface area contributed by atoms with Crippen molar-refractivity contribution in [3.63, 3.8) is 0 Å². The Bertz CT molecular complexity index is 947. The fourth-order valence-corrected chi connectivity index (χ4v) is 6.73. The topological polar surface area (TPSA) is 123 Å². The van der Waals surface area contributed by atoms with Crippen LogP contribution in [0.1, 0.15) is 76.5 Å². The third-order valence-corrected chi connectivity index (χ3v) is 8.54. The van der Waals surface area contributed by atoms with Gasteiger partial charge in [-0.1, -0.05) is 19.9 Å². The standard InChI is InChI=1S/C27H42N6O2/c1-17(2)19-4-6-20(7-5-19)24-22-16-21(32-18(3)34)8-9-23(22)27(10-12-30-13-11-27)25(35)33(24)15-14-31-26(28)29/h8-9,16-17,19-20,24,30H,4-7,10-15H2,1-3H3,(H,32,34)(H4,28,29,31). The summed E-state index contributed by atoms with van der Waals surface area (Å²) in [5.41, 5.74) is 8.14. The van der Waals surface area contributed by atoms with E-state index in [0.717, 1.165) is 55.9 Å². The number of nitrogens with zero attached hydrogens (tertiary/aromatic N) is 1. The largest absolute Gasteiger partial charge is 0.370 e. The maximum Gasteiger partial charge on any atom is 0.233 e. The highest BCUT2D eigenvalue weighted by atomic mass is 16.2. The van der Waals surface area contributed by atoms with E-state index in [2.05, 4.69) is 46.8 Å². The van der Waals surface area contributed by atoms with Crippen molar-refractivity contribution in [2.45, 2.75) is 70.8 Å². The van der Waals surface area contributed by atoms with Crippen LogP contribution in [0.15, 0.2) is 18.2 Å². The van der Waals surface area contributed by atoms with Crippen LogP contribution in [0.3, 0.4) is 0 Å². The maximum atomic E-state index is 14.3. The number of benzene rings is 1. The van der Waals surface area contributed by atoms with Gasteiger partial charge in [0.2, 0.25) is 11.8 Å². The first kappa shape index (κ1) is 25.5. The molecule has 2 heterocycles. The first-order valence-corrected chi connectivity index (χ1v) is 13.2. The zero-order valence-corrected chi connectivity index (χ0v) is 21.5. The minimum Gasteiger partial charge on any atom is -0.370 e. The molecule has 2 fully saturated rings. The molecule has 1 aromatic carbocycles. The van der Waals surface area contributed by atoms with Crippen LogP contribution in [0.4, 0.5) is 5.69 Å². The van der Waals surface area contributed by atoms with Crippen LogP contribution < -0.4 is 21.7 Å². The number of anilines is 1. The Labute approximate surface area is 209 Å². The molecule has 6 N–H and O–H groups in total. The lowest BCUT2D eigenvalue weighted by atomic mass is 9.63. The molecule has 0 bridgehead atoms. The van der Waals surface area contributed by atoms with Gasteiger partial charge in [0.05, 0.1) is 11.5 Å². The molecule has 1 atom stereocenters. The summed E-state index contributed by atoms with van der Waals surface area (Å²) >= 11 is 0. The zero-order valence-electron chi connectivity index (χ0n) is 21.5. The molecule has 2 aliphatic heterocycles. The summed E-state index contributed by atoms with van der Waals surface area (Å²) < 4.78 is 0. The van der Waals surface area contributed by atoms with Gasteiger partial charge in [-0.25, -0.2) is 0 Å². The summed E-state index contributed by atoms with van der Waals surface area (Å²) in [4.78, 5) is 28.3. The molecule has 8 nitrogen and oxygen atoms in total. The summed E-state index contributed by atoms with van der Waals surface area (Å²) in [6.07, 6.45) is 6.08. The van der Waals surface area contributed by atoms with Gasteiger partial charge in [0, 0.05) is 25.7 Å². The molecule has 1 saturated heterocycles. The average Bonchev–Trinajstić information content (AvgIpc) is 2.82. The van der Waals surface area contributed by atoms with Crippen molar-refractivity contribution in [1.29, 1.82) is 5.41 Å². The summed E-state index contributed by atoms with van der Waals surface area (Å²) in [5.74, 6) is 1.82. The van der Waals surface area contributed by atoms with Crippen molar-refractivity contribution in [3.8, 4) is 0 Å². The first-order valence-electron chi connectivity index (χ1n) is 13.2. The zero-order chi connectivity index (χ0) is 25.2. The number of rotatable bonds is 6. The van der Waals surface area contributed by atoms with Crippen LogP contribution in [-0.4, -0.2) is 48.9 Å². The van der Waals surface area contributed by atoms with Gasteiger partial charge in [-0.05, 0) is 92.6 Å². The second-order valence-electron chi connectivity index (χ2n) is 11.0. The molecule has 3 aliphatic rings. The van der Waals surface area contributed by atoms with E-state index >= 15 is 0 Å². The number of nitrogens with one attached hydrogen (secondary N) is 4. The number of amides is 2. The molecule has 1 aliphatic carbocycles. The minimum atomic E-state index is -0.544. The van der Waals surface area contributed by atoms with Crippen molar-refractivity contribution >= 4 is 23.5 Å². The lowest BCUT2D eigenvalue weighted by Gasteiger charge is -2.52. The van der Waals surface area contributed by atoms with Gasteiger partial charge in [0.1, 0.15) is 0 Å². The smallest absolute Gasteiger partial charge is 0.233 e. The highest BCUT2D eigenvalue weighted by Gasteiger charge is 2.52. The highest BCUT2D eigenvalue weighted by molar-refractivity contribution is 5.93. The van der Waals surface area contributed by atoms with E-state index < -0.39 is 5.41 Å². The van der Waals surface area contributed by atoms with Gasteiger partial charge in [0.25, 0.3) is 0 Å². The van der Waals surface area contributed by atoms with Crippen molar-refractivity contribution in [2.75, 3.05) is 31.5 Å². The van der Waals surface area contributed by atoms with Crippen LogP contribution in [0, 0.1) is 23.2 Å². The second-order valence-corrected chi connectivity index (χ2v) is 11.0. The molecule has 8 heteroatoms. The number of fused-ring (bicyclic) bond motifs is 2. The predicted octanol–water partition coefficient (Wildman–Crippen LogP) is 3.09. The molecule has 1 aromatic rings. The summed E-state index contributed by atoms with van der Waals surface area (Å²) in [7, 11) is 0. The van der Waals surface area contributed by atoms with Gasteiger partial charge in [-0.2, -0.15) is 0 Å². The van der Waals surface area contributed by atoms with Gasteiger partial charge in [-0.15, -0.1) is 0 Å². The molecular formula is C27H42N6O2. The number of piperidine rings is 1. The number of carbonyl (C=O) groups excluding carboxylic acids is 2. The molecular weight excluding hydrogens is 440 g/mol. The molecule has 1 unspecified atom stereocenters. The molecule has 192 valence electrons. The summed E-state index contributed by atoms with van der Waals surface area (Å²) in [5, 5.41) is 16.9. The first-order chi connectivity index (χ1) is 16.7. The third kappa shape index (κ3) is 5.17. The summed E-state index contributed by atoms with van der Waals surface area (Å²) in [6.45, 7) is 8.72. The van der Waals surface area contributed by atoms with Crippen LogP contribution in [0.5, 0.6) is 0 Å². The van der Waals surface area contributed by atoms with Gasteiger partial charge in [-0.3, -0.25) is 15.0 Å². The molecule has 1 spiro atoms. The van der Waals surface area contributed by atoms with Crippen LogP contribution in [0.25, 0.3) is 0 Å². The van der Waals surface area contributed by atoms with E-state index in [1.807, 2.05) is 6.07 Å². The highest BCUT2D eigenvalue weighted by Crippen LogP contribution is 2.51. The van der Waals surface area contributed by atoms with Crippen LogP contribution in [-0.2, 0) is 15.0 Å². The number of carbonyl (C=O) groups is 2. The average molecular weight is 483 g/mol. The minimum absolute atomic E-state index is 0.0337. The lowest BCUT2D eigenvalue weighted by Crippen LogP contribution is -2.59. The Morgan fingerprint density at radius 3 is 2.51 bits per heavy atom. The second kappa shape index (κ2) is 10.6. The number of hydrogen-bond acceptors (Lipinski definition) is 4. The SMILES string of the molecule is CC(=O)Nc1ccc2c(c1)C(C1CCC(C(C)C)CC1)N(CCNC(=N)N)C(=O)C21CCNCC1. The Hall–Kier alpha value is -2.61. The van der Waals surface area contributed by atoms with Gasteiger partial charge < -0.3 is 26.6 Å². The fraction of sp³-hybridized carbons (Fsp3) is 0.667. The quantitative estimate of drug-likeness (QED) is 0.315. The predicted molar refractivity (Wildman–Crippen MR) is 139 cm³/mol. The van der Waals surface area contributed by atoms with Gasteiger partial charge >= 0.3 is 0 Å². The fourth-order valence-electron chi connectivity index (χ4n) is 6.73. The molecule has 0 radical (unpaired) electrons. The molecule has 2 amide bonds. The Morgan fingerprint density at radius 1 is 1.23 bits per heavy atom. The van der Waals surface area contributed by atoms with Crippen molar-refractivity contribution in [1.82, 2.24) is 15.5 Å².